The molecule has 2 amide bonds. The van der Waals surface area contributed by atoms with Gasteiger partial charge in [-0.05, 0) is 83.6 Å². The van der Waals surface area contributed by atoms with Crippen molar-refractivity contribution in [2.45, 2.75) is 24.3 Å². The smallest absolute Gasteiger partial charge is 0.253 e. The van der Waals surface area contributed by atoms with E-state index in [2.05, 4.69) is 5.32 Å². The number of piperidine rings is 1. The molecule has 5 nitrogen and oxygen atoms in total. The molecule has 1 atom stereocenters. The van der Waals surface area contributed by atoms with E-state index in [-0.39, 0.29) is 43.6 Å². The fourth-order valence-electron chi connectivity index (χ4n) is 5.36. The van der Waals surface area contributed by atoms with Crippen LogP contribution in [0.1, 0.15) is 40.4 Å². The van der Waals surface area contributed by atoms with E-state index in [1.807, 2.05) is 12.1 Å². The third-order valence-electron chi connectivity index (χ3n) is 7.81. The van der Waals surface area contributed by atoms with Gasteiger partial charge in [-0.2, -0.15) is 0 Å². The van der Waals surface area contributed by atoms with E-state index in [4.69, 9.17) is 0 Å². The van der Waals surface area contributed by atoms with Crippen LogP contribution in [0.3, 0.4) is 0 Å². The van der Waals surface area contributed by atoms with Crippen LogP contribution in [0.4, 0.5) is 13.2 Å². The van der Waals surface area contributed by atoms with Gasteiger partial charge in [0, 0.05) is 18.7 Å². The number of hydrogen-bond donors (Lipinski definition) is 2. The van der Waals surface area contributed by atoms with Crippen LogP contribution in [-0.4, -0.2) is 41.5 Å². The largest absolute Gasteiger partial charge is 0.394 e. The molecule has 2 N–H and O–H groups in total. The number of nitrogens with one attached hydrogen (secondary N) is 1. The minimum Gasteiger partial charge on any atom is -0.394 e. The molecule has 4 aromatic rings. The van der Waals surface area contributed by atoms with Crippen molar-refractivity contribution in [2.75, 3.05) is 19.7 Å². The van der Waals surface area contributed by atoms with E-state index in [0.717, 1.165) is 11.1 Å². The molecule has 0 radical (unpaired) electrons. The molecule has 0 spiro atoms. The van der Waals surface area contributed by atoms with Gasteiger partial charge in [-0.3, -0.25) is 9.59 Å². The number of nitrogens with zero attached hydrogens (tertiary/aromatic N) is 1. The Balaban J connectivity index is 1.34. The van der Waals surface area contributed by atoms with Crippen molar-refractivity contribution in [3.8, 4) is 11.1 Å². The SMILES string of the molecule is O=C(c1ccc(-c2ccc(F)cc2)cc1)N1CCC(C(=O)N[C@@H](CO)c2ccc(F)cc2)(c2ccc(F)cc2)CC1. The van der Waals surface area contributed by atoms with Gasteiger partial charge in [0.15, 0.2) is 0 Å². The Labute approximate surface area is 236 Å². The summed E-state index contributed by atoms with van der Waals surface area (Å²) in [6, 6.07) is 23.7. The highest BCUT2D eigenvalue weighted by atomic mass is 19.1. The van der Waals surface area contributed by atoms with Crippen molar-refractivity contribution in [1.82, 2.24) is 10.2 Å². The first-order valence-corrected chi connectivity index (χ1v) is 13.4. The number of amides is 2. The van der Waals surface area contributed by atoms with Gasteiger partial charge >= 0.3 is 0 Å². The average Bonchev–Trinajstić information content (AvgIpc) is 3.01. The molecule has 8 heteroatoms. The highest BCUT2D eigenvalue weighted by molar-refractivity contribution is 5.95. The number of carbonyl (C=O) groups is 2. The standard InChI is InChI=1S/C33H29F3N2O3/c34-27-11-5-23(6-12-27)22-1-3-25(4-2-22)31(40)38-19-17-33(18-20-38,26-9-15-29(36)16-10-26)32(41)37-30(21-39)24-7-13-28(35)14-8-24/h1-16,30,39H,17-21H2,(H,37,41)/t30-/m0/s1. The molecule has 0 aliphatic carbocycles. The summed E-state index contributed by atoms with van der Waals surface area (Å²) in [5.74, 6) is -1.72. The van der Waals surface area contributed by atoms with E-state index >= 15 is 0 Å². The number of aliphatic hydroxyl groups is 1. The Kier molecular flexibility index (Phi) is 8.21. The fourth-order valence-corrected chi connectivity index (χ4v) is 5.36. The quantitative estimate of drug-likeness (QED) is 0.302. The second-order valence-electron chi connectivity index (χ2n) is 10.2. The van der Waals surface area contributed by atoms with Crippen molar-refractivity contribution < 1.29 is 27.9 Å². The molecule has 0 unspecified atom stereocenters. The molecular weight excluding hydrogens is 529 g/mol. The first kappa shape index (κ1) is 28.1. The Morgan fingerprint density at radius 1 is 0.732 bits per heavy atom. The van der Waals surface area contributed by atoms with Gasteiger partial charge in [-0.15, -0.1) is 0 Å². The molecule has 0 bridgehead atoms. The number of rotatable bonds is 7. The lowest BCUT2D eigenvalue weighted by molar-refractivity contribution is -0.129. The Hall–Kier alpha value is -4.43. The number of aliphatic hydroxyl groups excluding tert-OH is 1. The summed E-state index contributed by atoms with van der Waals surface area (Å²) in [7, 11) is 0. The summed E-state index contributed by atoms with van der Waals surface area (Å²) < 4.78 is 40.5. The predicted octanol–water partition coefficient (Wildman–Crippen LogP) is 5.79. The molecule has 0 saturated carbocycles. The molecule has 1 aliphatic heterocycles. The number of likely N-dealkylation sites (tertiary alicyclic amines) is 1. The van der Waals surface area contributed by atoms with Crippen LogP contribution < -0.4 is 5.32 Å². The summed E-state index contributed by atoms with van der Waals surface area (Å²) >= 11 is 0. The first-order chi connectivity index (χ1) is 19.8. The van der Waals surface area contributed by atoms with Crippen molar-refractivity contribution >= 4 is 11.8 Å². The van der Waals surface area contributed by atoms with Crippen LogP contribution in [0.5, 0.6) is 0 Å². The number of hydrogen-bond acceptors (Lipinski definition) is 3. The highest BCUT2D eigenvalue weighted by Gasteiger charge is 2.44. The van der Waals surface area contributed by atoms with Crippen molar-refractivity contribution in [3.05, 3.63) is 131 Å². The van der Waals surface area contributed by atoms with E-state index in [1.165, 1.54) is 48.5 Å². The zero-order valence-corrected chi connectivity index (χ0v) is 22.2. The van der Waals surface area contributed by atoms with Crippen LogP contribution in [0, 0.1) is 17.5 Å². The minimum atomic E-state index is -1.07. The maximum atomic E-state index is 13.8. The Morgan fingerprint density at radius 3 is 1.71 bits per heavy atom. The van der Waals surface area contributed by atoms with Crippen LogP contribution >= 0.6 is 0 Å². The second kappa shape index (κ2) is 12.0. The molecule has 4 aromatic carbocycles. The highest BCUT2D eigenvalue weighted by Crippen LogP contribution is 2.37. The summed E-state index contributed by atoms with van der Waals surface area (Å²) in [5.41, 5.74) is 2.28. The molecule has 1 heterocycles. The molecule has 41 heavy (non-hydrogen) atoms. The molecular formula is C33H29F3N2O3. The van der Waals surface area contributed by atoms with Gasteiger partial charge < -0.3 is 15.3 Å². The number of benzene rings is 4. The molecule has 0 aromatic heterocycles. The summed E-state index contributed by atoms with van der Waals surface area (Å²) in [6.45, 7) is 0.169. The lowest BCUT2D eigenvalue weighted by Crippen LogP contribution is -2.53. The van der Waals surface area contributed by atoms with Gasteiger partial charge in [0.2, 0.25) is 5.91 Å². The van der Waals surface area contributed by atoms with Crippen LogP contribution in [0.2, 0.25) is 0 Å². The van der Waals surface area contributed by atoms with Gasteiger partial charge in [-0.1, -0.05) is 48.5 Å². The topological polar surface area (TPSA) is 69.6 Å². The Morgan fingerprint density at radius 2 is 1.20 bits per heavy atom. The van der Waals surface area contributed by atoms with E-state index < -0.39 is 29.7 Å². The number of halogens is 3. The van der Waals surface area contributed by atoms with Crippen LogP contribution in [0.15, 0.2) is 97.1 Å². The van der Waals surface area contributed by atoms with Crippen molar-refractivity contribution in [2.24, 2.45) is 0 Å². The Bertz CT molecular complexity index is 1500. The summed E-state index contributed by atoms with van der Waals surface area (Å²) in [4.78, 5) is 28.9. The third-order valence-corrected chi connectivity index (χ3v) is 7.81. The van der Waals surface area contributed by atoms with Gasteiger partial charge in [0.1, 0.15) is 17.5 Å². The molecule has 1 aliphatic rings. The van der Waals surface area contributed by atoms with Gasteiger partial charge in [-0.25, -0.2) is 13.2 Å². The first-order valence-electron chi connectivity index (χ1n) is 13.4. The lowest BCUT2D eigenvalue weighted by atomic mass is 9.71. The van der Waals surface area contributed by atoms with Gasteiger partial charge in [0.25, 0.3) is 5.91 Å². The normalized spacial score (nSPS) is 15.3. The summed E-state index contributed by atoms with van der Waals surface area (Å²) in [6.07, 6.45) is 0.566. The van der Waals surface area contributed by atoms with Crippen LogP contribution in [-0.2, 0) is 10.2 Å². The predicted molar refractivity (Wildman–Crippen MR) is 149 cm³/mol. The number of carbonyl (C=O) groups excluding carboxylic acids is 2. The molecule has 210 valence electrons. The zero-order valence-electron chi connectivity index (χ0n) is 22.2. The van der Waals surface area contributed by atoms with Crippen LogP contribution in [0.25, 0.3) is 11.1 Å². The maximum absolute atomic E-state index is 13.8. The maximum Gasteiger partial charge on any atom is 0.253 e. The monoisotopic (exact) mass is 558 g/mol. The summed E-state index contributed by atoms with van der Waals surface area (Å²) in [5, 5.41) is 12.9. The van der Waals surface area contributed by atoms with E-state index in [1.54, 1.807) is 41.3 Å². The fraction of sp³-hybridized carbons (Fsp3) is 0.212. The van der Waals surface area contributed by atoms with Crippen molar-refractivity contribution in [1.29, 1.82) is 0 Å². The van der Waals surface area contributed by atoms with Crippen molar-refractivity contribution in [3.63, 3.8) is 0 Å². The molecule has 5 rings (SSSR count). The zero-order chi connectivity index (χ0) is 29.0. The molecule has 1 saturated heterocycles. The third kappa shape index (κ3) is 6.02. The molecule has 1 fully saturated rings. The van der Waals surface area contributed by atoms with Gasteiger partial charge in [0.05, 0.1) is 18.1 Å². The second-order valence-corrected chi connectivity index (χ2v) is 10.2. The lowest BCUT2D eigenvalue weighted by Gasteiger charge is -2.41. The minimum absolute atomic E-state index is 0.177. The average molecular weight is 559 g/mol. The van der Waals surface area contributed by atoms with E-state index in [0.29, 0.717) is 16.7 Å². The van der Waals surface area contributed by atoms with E-state index in [9.17, 15) is 27.9 Å².